The van der Waals surface area contributed by atoms with Crippen LogP contribution in [0.1, 0.15) is 42.9 Å². The van der Waals surface area contributed by atoms with Gasteiger partial charge < -0.3 is 0 Å². The van der Waals surface area contributed by atoms with Gasteiger partial charge in [0.15, 0.2) is 0 Å². The molecule has 1 aliphatic rings. The molecule has 0 amide bonds. The Bertz CT molecular complexity index is 3890. The van der Waals surface area contributed by atoms with Crippen LogP contribution in [0.3, 0.4) is 0 Å². The Morgan fingerprint density at radius 3 is 2.12 bits per heavy atom. The monoisotopic (exact) mass is 1050 g/mol. The van der Waals surface area contributed by atoms with Crippen molar-refractivity contribution in [2.24, 2.45) is 0 Å². The molecular weight excluding hydrogens is 1000 g/mol. The van der Waals surface area contributed by atoms with Gasteiger partial charge in [0.2, 0.25) is 0 Å². The van der Waals surface area contributed by atoms with Crippen molar-refractivity contribution in [1.29, 1.82) is 0 Å². The predicted octanol–water partition coefficient (Wildman–Crippen LogP) is 13.9. The number of para-hydroxylation sites is 4. The smallest absolute Gasteiger partial charge is 0.175 e. The average Bonchev–Trinajstić information content (AvgIpc) is 3.91. The first kappa shape index (κ1) is 33.9. The fraction of sp³-hybridized carbons (Fsp3) is 0.0847. The van der Waals surface area contributed by atoms with Crippen molar-refractivity contribution in [1.82, 2.24) is 14.1 Å². The van der Waals surface area contributed by atoms with E-state index in [9.17, 15) is 0 Å². The summed E-state index contributed by atoms with van der Waals surface area (Å²) in [4.78, 5) is 8.82. The van der Waals surface area contributed by atoms with Gasteiger partial charge in [-0.1, -0.05) is 48.4 Å². The Labute approximate surface area is 414 Å². The summed E-state index contributed by atoms with van der Waals surface area (Å²) in [6.07, 6.45) is 0. The van der Waals surface area contributed by atoms with Crippen LogP contribution in [-0.2, 0) is 24.8 Å². The summed E-state index contributed by atoms with van der Waals surface area (Å²) < 4.78 is 81.8. The van der Waals surface area contributed by atoms with Gasteiger partial charge in [-0.2, -0.15) is 12.1 Å². The number of rotatable bonds is 9. The summed E-state index contributed by atoms with van der Waals surface area (Å²) in [5.41, 5.74) is 9.82. The molecule has 8 aromatic carbocycles. The van der Waals surface area contributed by atoms with E-state index in [0.29, 0.717) is 28.6 Å². The van der Waals surface area contributed by atoms with Gasteiger partial charge in [-0.3, -0.25) is 0 Å². The van der Waals surface area contributed by atoms with Crippen molar-refractivity contribution in [2.75, 3.05) is 9.62 Å². The molecule has 0 aliphatic carbocycles. The van der Waals surface area contributed by atoms with Crippen molar-refractivity contribution in [3.05, 3.63) is 233 Å². The average molecular weight is 1050 g/mol. The van der Waals surface area contributed by atoms with E-state index in [2.05, 4.69) is 85.7 Å². The zero-order valence-electron chi connectivity index (χ0n) is 44.8. The third kappa shape index (κ3) is 7.83. The van der Waals surface area contributed by atoms with Crippen molar-refractivity contribution in [3.63, 3.8) is 0 Å². The number of anilines is 4. The van der Waals surface area contributed by atoms with E-state index in [-0.39, 0.29) is 34.4 Å². The Morgan fingerprint density at radius 2 is 1.36 bits per heavy atom. The number of pyridine rings is 1. The molecule has 2 aromatic heterocycles. The number of aryl methyl sites for hydroxylation is 1. The molecule has 0 N–H and O–H groups in total. The second-order valence-corrected chi connectivity index (χ2v) is 18.3. The van der Waals surface area contributed by atoms with Gasteiger partial charge >= 0.3 is 325 Å². The molecule has 0 atom stereocenters. The van der Waals surface area contributed by atoms with Crippen molar-refractivity contribution >= 4 is 46.4 Å². The third-order valence-corrected chi connectivity index (χ3v) is 13.0. The summed E-state index contributed by atoms with van der Waals surface area (Å²) >= 11 is 2.35. The Hall–Kier alpha value is -7.47. The molecule has 0 radical (unpaired) electrons. The third-order valence-electron chi connectivity index (χ3n) is 11.9. The molecular formula is C59H46BN5OPt-2. The standard InChI is InChI=1S/C59H46BN5O.Pt/c1-42-37-50(43-21-8-5-9-22-43)58(51(38-42)44-23-18-24-45(39-44)59(2,3)4)63-41-62(52-31-14-15-32-53(52)63)48-29-19-30-49(40-48)66-57-36-20-35-56(61-57)65-55-34-17-16-33-54(55)64(47-27-12-7-13-28-47)60(65)46-25-10-6-11-26-46;/h5-33,35-39H,1-4H3;/q-2;/i1D3,6D,10D,11D,25D,26D;. The van der Waals surface area contributed by atoms with E-state index in [1.54, 1.807) is 36.4 Å². The summed E-state index contributed by atoms with van der Waals surface area (Å²) in [6, 6.07) is 60.9. The number of ether oxygens (including phenoxy) is 1. The number of hydrogen-bond acceptors (Lipinski definition) is 4. The van der Waals surface area contributed by atoms with Crippen LogP contribution in [0.25, 0.3) is 44.7 Å². The Morgan fingerprint density at radius 1 is 0.672 bits per heavy atom. The van der Waals surface area contributed by atoms with E-state index in [0.717, 1.165) is 54.0 Å². The van der Waals surface area contributed by atoms with E-state index in [4.69, 9.17) is 20.7 Å². The van der Waals surface area contributed by atoms with E-state index >= 15 is 0 Å². The Kier molecular flexibility index (Phi) is 8.81. The van der Waals surface area contributed by atoms with Crippen molar-refractivity contribution in [2.45, 2.75) is 33.0 Å². The molecule has 67 heavy (non-hydrogen) atoms. The van der Waals surface area contributed by atoms with Gasteiger partial charge in [-0.05, 0) is 12.1 Å². The molecule has 0 saturated carbocycles. The van der Waals surface area contributed by atoms with Crippen LogP contribution in [-0.4, -0.2) is 21.1 Å². The summed E-state index contributed by atoms with van der Waals surface area (Å²) in [5, 5.41) is 0. The zero-order valence-corrected chi connectivity index (χ0v) is 39.1. The molecule has 11 rings (SSSR count). The molecule has 6 nitrogen and oxygen atoms in total. The molecule has 1 aliphatic heterocycles. The topological polar surface area (TPSA) is 38.5 Å². The molecule has 0 bridgehead atoms. The predicted molar refractivity (Wildman–Crippen MR) is 271 cm³/mol. The van der Waals surface area contributed by atoms with E-state index < -0.39 is 32.0 Å². The van der Waals surface area contributed by atoms with E-state index in [1.807, 2.05) is 125 Å². The van der Waals surface area contributed by atoms with Crippen LogP contribution in [0.5, 0.6) is 11.6 Å². The van der Waals surface area contributed by atoms with Crippen molar-refractivity contribution < 1.29 is 35.1 Å². The SMILES string of the molecule is [2H]c1c([2H])c([2H])c(B2N(c3cccc(Oc4[c-]c(-n5[c](=[Pt])n(-c6c(-c7ccccc7)cc(C([2H])([2H])[2H])cc6-c6cccc(C(C)(C)C)c6)c6ccccc65)ccc4)n3)c3[c-]cccc3N2c2ccccc2)c([2H])c1[2H]. The summed E-state index contributed by atoms with van der Waals surface area (Å²) in [7, 11) is 0. The number of imidazole rings is 1. The number of benzene rings is 8. The van der Waals surface area contributed by atoms with Gasteiger partial charge in [0.25, 0.3) is 0 Å². The zero-order chi connectivity index (χ0) is 52.5. The van der Waals surface area contributed by atoms with Gasteiger partial charge in [0.1, 0.15) is 0 Å². The van der Waals surface area contributed by atoms with Gasteiger partial charge in [0.05, 0.1) is 6.85 Å². The maximum absolute atomic E-state index is 9.16. The molecule has 3 heterocycles. The second kappa shape index (κ2) is 17.4. The van der Waals surface area contributed by atoms with Crippen LogP contribution < -0.4 is 19.8 Å². The molecule has 0 fully saturated rings. The van der Waals surface area contributed by atoms with Gasteiger partial charge in [-0.25, -0.2) is 0 Å². The minimum absolute atomic E-state index is 0.0733. The minimum atomic E-state index is -2.39. The molecule has 0 saturated heterocycles. The fourth-order valence-electron chi connectivity index (χ4n) is 8.91. The molecule has 10 aromatic rings. The van der Waals surface area contributed by atoms with Gasteiger partial charge in [0, 0.05) is 5.69 Å². The normalized spacial score (nSPS) is 14.4. The summed E-state index contributed by atoms with van der Waals surface area (Å²) in [5.74, 6) is 0.977. The first-order valence-electron chi connectivity index (χ1n) is 25.9. The first-order valence-corrected chi connectivity index (χ1v) is 23.0. The van der Waals surface area contributed by atoms with Crippen molar-refractivity contribution in [3.8, 4) is 45.3 Å². The van der Waals surface area contributed by atoms with Gasteiger partial charge in [-0.15, -0.1) is 6.07 Å². The second-order valence-electron chi connectivity index (χ2n) is 17.2. The first-order chi connectivity index (χ1) is 36.0. The molecule has 8 heteroatoms. The number of hydrogen-bond donors (Lipinski definition) is 0. The van der Waals surface area contributed by atoms with Crippen LogP contribution in [0.15, 0.2) is 206 Å². The number of nitrogens with zero attached hydrogens (tertiary/aromatic N) is 5. The molecule has 0 spiro atoms. The van der Waals surface area contributed by atoms with E-state index in [1.165, 1.54) is 0 Å². The molecule has 328 valence electrons. The summed E-state index contributed by atoms with van der Waals surface area (Å²) in [6.45, 7) is 3.14. The molecule has 0 unspecified atom stereocenters. The van der Waals surface area contributed by atoms with Crippen LogP contribution >= 0.6 is 0 Å². The Balaban J connectivity index is 1.05. The van der Waals surface area contributed by atoms with Crippen LogP contribution in [0, 0.1) is 22.8 Å². The van der Waals surface area contributed by atoms with Crippen LogP contribution in [0.4, 0.5) is 22.9 Å². The maximum atomic E-state index is 9.16. The minimum Gasteiger partial charge on any atom is -0.175 e. The number of fused-ring (bicyclic) bond motifs is 2. The number of aromatic nitrogens is 3. The van der Waals surface area contributed by atoms with Crippen LogP contribution in [0.2, 0.25) is 0 Å². The fourth-order valence-corrected chi connectivity index (χ4v) is 9.98. The quantitative estimate of drug-likeness (QED) is 0.107.